The second-order valence-electron chi connectivity index (χ2n) is 15.0. The Balaban J connectivity index is 1.27. The summed E-state index contributed by atoms with van der Waals surface area (Å²) < 4.78 is 98.7. The number of nitrogens with zero attached hydrogens (tertiary/aromatic N) is 3. The van der Waals surface area contributed by atoms with Gasteiger partial charge in [-0.2, -0.15) is 21.6 Å². The topological polar surface area (TPSA) is 135 Å². The summed E-state index contributed by atoms with van der Waals surface area (Å²) in [5, 5.41) is 0. The first-order valence-corrected chi connectivity index (χ1v) is 21.6. The van der Waals surface area contributed by atoms with Gasteiger partial charge in [-0.25, -0.2) is 9.97 Å². The van der Waals surface area contributed by atoms with Crippen molar-refractivity contribution in [1.29, 1.82) is 0 Å². The molecule has 0 radical (unpaired) electrons. The van der Waals surface area contributed by atoms with E-state index in [9.17, 15) is 26.4 Å². The van der Waals surface area contributed by atoms with E-state index in [4.69, 9.17) is 18.4 Å². The van der Waals surface area contributed by atoms with Crippen molar-refractivity contribution in [3.05, 3.63) is 238 Å². The van der Waals surface area contributed by atoms with Gasteiger partial charge >= 0.3 is 15.6 Å². The molecule has 8 aromatic rings. The van der Waals surface area contributed by atoms with Crippen LogP contribution >= 0.6 is 0 Å². The second-order valence-corrected chi connectivity index (χ2v) is 16.6. The van der Waals surface area contributed by atoms with Crippen molar-refractivity contribution >= 4 is 21.3 Å². The first-order chi connectivity index (χ1) is 31.0. The third-order valence-corrected chi connectivity index (χ3v) is 12.3. The van der Waals surface area contributed by atoms with Gasteiger partial charge in [0.25, 0.3) is 5.56 Å². The van der Waals surface area contributed by atoms with Crippen molar-refractivity contribution in [1.82, 2.24) is 19.5 Å². The third-order valence-electron chi connectivity index (χ3n) is 11.3. The van der Waals surface area contributed by atoms with Crippen LogP contribution < -0.4 is 5.56 Å². The van der Waals surface area contributed by atoms with Crippen LogP contribution in [-0.2, 0) is 39.7 Å². The highest BCUT2D eigenvalue weighted by atomic mass is 32.2. The van der Waals surface area contributed by atoms with Crippen molar-refractivity contribution in [3.8, 4) is 0 Å². The van der Waals surface area contributed by atoms with Gasteiger partial charge < -0.3 is 19.2 Å². The van der Waals surface area contributed by atoms with Gasteiger partial charge in [0, 0.05) is 0 Å². The van der Waals surface area contributed by atoms with E-state index in [1.54, 1.807) is 91.0 Å². The van der Waals surface area contributed by atoms with Crippen LogP contribution in [0.5, 0.6) is 0 Å². The Morgan fingerprint density at radius 2 is 1.00 bits per heavy atom. The van der Waals surface area contributed by atoms with Gasteiger partial charge in [0.05, 0.1) is 19.3 Å². The van der Waals surface area contributed by atoms with Gasteiger partial charge in [-0.15, -0.1) is 0 Å². The molecule has 1 fully saturated rings. The molecule has 1 saturated heterocycles. The van der Waals surface area contributed by atoms with E-state index in [0.29, 0.717) is 33.4 Å². The fraction of sp³-hybridized carbons (Fsp3) is 0.163. The average Bonchev–Trinajstić information content (AvgIpc) is 3.91. The number of imidazole rings is 1. The highest BCUT2D eigenvalue weighted by Gasteiger charge is 2.58. The zero-order valence-electron chi connectivity index (χ0n) is 33.7. The lowest BCUT2D eigenvalue weighted by atomic mass is 9.79. The van der Waals surface area contributed by atoms with Gasteiger partial charge in [0.15, 0.2) is 17.4 Å². The summed E-state index contributed by atoms with van der Waals surface area (Å²) in [4.78, 5) is 24.1. The molecule has 324 valence electrons. The van der Waals surface area contributed by atoms with Crippen molar-refractivity contribution < 1.29 is 40.0 Å². The molecule has 0 spiro atoms. The first kappa shape index (κ1) is 42.5. The summed E-state index contributed by atoms with van der Waals surface area (Å²) in [5.41, 5.74) is -6.03. The van der Waals surface area contributed by atoms with Gasteiger partial charge in [-0.05, 0) is 33.4 Å². The minimum absolute atomic E-state index is 0.0155. The molecule has 2 aromatic heterocycles. The molecule has 0 aliphatic carbocycles. The second kappa shape index (κ2) is 17.4. The van der Waals surface area contributed by atoms with Crippen LogP contribution in [0.15, 0.2) is 199 Å². The molecule has 9 rings (SSSR count). The Labute approximate surface area is 365 Å². The number of ether oxygens (including phenoxy) is 3. The molecule has 4 atom stereocenters. The molecule has 1 N–H and O–H groups in total. The first-order valence-electron chi connectivity index (χ1n) is 20.2. The van der Waals surface area contributed by atoms with E-state index in [0.717, 1.165) is 6.33 Å². The van der Waals surface area contributed by atoms with Gasteiger partial charge in [0.1, 0.15) is 29.5 Å². The highest BCUT2D eigenvalue weighted by Crippen LogP contribution is 2.48. The predicted molar refractivity (Wildman–Crippen MR) is 231 cm³/mol. The molecular formula is C49H39F3N4O7S. The van der Waals surface area contributed by atoms with E-state index in [1.165, 1.54) is 10.9 Å². The largest absolute Gasteiger partial charge is 0.523 e. The van der Waals surface area contributed by atoms with E-state index >= 15 is 0 Å². The lowest BCUT2D eigenvalue weighted by Gasteiger charge is -2.40. The van der Waals surface area contributed by atoms with E-state index in [1.807, 2.05) is 91.0 Å². The van der Waals surface area contributed by atoms with Gasteiger partial charge in [0.2, 0.25) is 0 Å². The Morgan fingerprint density at radius 1 is 0.594 bits per heavy atom. The number of aromatic amines is 1. The Kier molecular flexibility index (Phi) is 11.6. The van der Waals surface area contributed by atoms with Crippen LogP contribution in [0.4, 0.5) is 13.2 Å². The van der Waals surface area contributed by atoms with E-state index in [2.05, 4.69) is 15.0 Å². The maximum Gasteiger partial charge on any atom is 0.523 e. The standard InChI is InChI=1S/C49H39F3N4O7S/c50-49(51,52)64(58,59)63-42-40(31-60-47(34-19-7-1-8-20-34,35-21-9-2-10-22-35)36-23-11-3-12-24-36)61-46(56-33-55-41-44(56)53-32-54-45(41)57)43(42)62-48(37-25-13-4-14-26-37,38-27-15-5-16-28-38)39-29-17-6-18-30-39/h1-30,32-33,40,42-43,46H,31H2,(H,53,54,57)/t40-,42-,43-,46-/m1/s1. The smallest absolute Gasteiger partial charge is 0.358 e. The molecule has 1 aliphatic rings. The fourth-order valence-electron chi connectivity index (χ4n) is 8.46. The summed E-state index contributed by atoms with van der Waals surface area (Å²) in [7, 11) is -6.36. The van der Waals surface area contributed by atoms with Crippen LogP contribution in [0.1, 0.15) is 39.6 Å². The number of benzene rings is 6. The molecule has 6 aromatic carbocycles. The highest BCUT2D eigenvalue weighted by molar-refractivity contribution is 7.87. The molecule has 11 nitrogen and oxygen atoms in total. The van der Waals surface area contributed by atoms with Crippen molar-refractivity contribution in [2.24, 2.45) is 0 Å². The SMILES string of the molecule is O=c1[nH]cnc2c1ncn2[C@@H]1O[C@H](COC(c2ccccc2)(c2ccccc2)c2ccccc2)[C@@H](OS(=O)(=O)C(F)(F)F)[C@H]1OC(c1ccccc1)(c1ccccc1)c1ccccc1. The Bertz CT molecular complexity index is 2790. The normalized spacial score (nSPS) is 18.3. The number of hydrogen-bond acceptors (Lipinski definition) is 9. The van der Waals surface area contributed by atoms with Crippen molar-refractivity contribution in [3.63, 3.8) is 0 Å². The number of rotatable bonds is 14. The number of halogens is 3. The Morgan fingerprint density at radius 3 is 1.41 bits per heavy atom. The van der Waals surface area contributed by atoms with Crippen LogP contribution in [0.2, 0.25) is 0 Å². The minimum Gasteiger partial charge on any atom is -0.358 e. The third kappa shape index (κ3) is 7.71. The molecule has 0 saturated carbocycles. The number of fused-ring (bicyclic) bond motifs is 1. The van der Waals surface area contributed by atoms with E-state index in [-0.39, 0.29) is 11.2 Å². The van der Waals surface area contributed by atoms with Gasteiger partial charge in [-0.3, -0.25) is 13.5 Å². The van der Waals surface area contributed by atoms with Crippen LogP contribution in [0, 0.1) is 0 Å². The zero-order valence-corrected chi connectivity index (χ0v) is 34.5. The summed E-state index contributed by atoms with van der Waals surface area (Å²) >= 11 is 0. The lowest BCUT2D eigenvalue weighted by molar-refractivity contribution is -0.122. The molecule has 0 unspecified atom stereocenters. The van der Waals surface area contributed by atoms with Crippen molar-refractivity contribution in [2.75, 3.05) is 6.61 Å². The monoisotopic (exact) mass is 884 g/mol. The number of aromatic nitrogens is 4. The zero-order chi connectivity index (χ0) is 44.4. The quantitative estimate of drug-likeness (QED) is 0.0647. The molecule has 64 heavy (non-hydrogen) atoms. The van der Waals surface area contributed by atoms with Crippen LogP contribution in [-0.4, -0.2) is 58.4 Å². The average molecular weight is 885 g/mol. The number of H-pyrrole nitrogens is 1. The predicted octanol–water partition coefficient (Wildman–Crippen LogP) is 8.64. The summed E-state index contributed by atoms with van der Waals surface area (Å²) in [6, 6.07) is 54.7. The molecule has 3 heterocycles. The number of nitrogens with one attached hydrogen (secondary N) is 1. The summed E-state index contributed by atoms with van der Waals surface area (Å²) in [5.74, 6) is 0. The fourth-order valence-corrected chi connectivity index (χ4v) is 9.10. The number of hydrogen-bond donors (Lipinski definition) is 1. The maximum absolute atomic E-state index is 14.6. The summed E-state index contributed by atoms with van der Waals surface area (Å²) in [6.45, 7) is -0.553. The molecule has 0 bridgehead atoms. The summed E-state index contributed by atoms with van der Waals surface area (Å²) in [6.07, 6.45) is -4.55. The molecule has 0 amide bonds. The van der Waals surface area contributed by atoms with Gasteiger partial charge in [-0.1, -0.05) is 182 Å². The van der Waals surface area contributed by atoms with Crippen LogP contribution in [0.25, 0.3) is 11.2 Å². The number of alkyl halides is 3. The van der Waals surface area contributed by atoms with Crippen molar-refractivity contribution in [2.45, 2.75) is 41.3 Å². The maximum atomic E-state index is 14.6. The van der Waals surface area contributed by atoms with E-state index < -0.39 is 63.5 Å². The molecule has 15 heteroatoms. The molecule has 1 aliphatic heterocycles. The lowest BCUT2D eigenvalue weighted by Crippen LogP contribution is -2.48. The van der Waals surface area contributed by atoms with Crippen LogP contribution in [0.3, 0.4) is 0 Å². The molecular weight excluding hydrogens is 846 g/mol. The Hall–Kier alpha value is -6.75. The minimum atomic E-state index is -6.36.